The van der Waals surface area contributed by atoms with Crippen LogP contribution in [0.25, 0.3) is 0 Å². The first-order valence-corrected chi connectivity index (χ1v) is 4.65. The van der Waals surface area contributed by atoms with E-state index in [9.17, 15) is 0 Å². The molecule has 1 aliphatic heterocycles. The normalized spacial score (nSPS) is 28.4. The zero-order valence-electron chi connectivity index (χ0n) is 7.42. The van der Waals surface area contributed by atoms with Crippen molar-refractivity contribution in [2.24, 2.45) is 0 Å². The number of aliphatic hydroxyl groups excluding tert-OH is 1. The van der Waals surface area contributed by atoms with Gasteiger partial charge in [-0.1, -0.05) is 12.8 Å². The van der Waals surface area contributed by atoms with E-state index < -0.39 is 0 Å². The van der Waals surface area contributed by atoms with Crippen molar-refractivity contribution in [1.82, 2.24) is 4.90 Å². The quantitative estimate of drug-likeness (QED) is 0.652. The van der Waals surface area contributed by atoms with Gasteiger partial charge in [0, 0.05) is 12.6 Å². The van der Waals surface area contributed by atoms with Crippen molar-refractivity contribution in [2.75, 3.05) is 20.2 Å². The van der Waals surface area contributed by atoms with Gasteiger partial charge in [-0.25, -0.2) is 0 Å². The highest BCUT2D eigenvalue weighted by atomic mass is 16.3. The van der Waals surface area contributed by atoms with Crippen molar-refractivity contribution < 1.29 is 5.11 Å². The molecule has 0 aromatic carbocycles. The van der Waals surface area contributed by atoms with Gasteiger partial charge in [0.15, 0.2) is 0 Å². The maximum absolute atomic E-state index is 8.80. The van der Waals surface area contributed by atoms with Gasteiger partial charge < -0.3 is 10.0 Å². The molecule has 66 valence electrons. The van der Waals surface area contributed by atoms with E-state index in [1.165, 1.54) is 32.2 Å². The summed E-state index contributed by atoms with van der Waals surface area (Å²) in [4.78, 5) is 2.39. The fraction of sp³-hybridized carbons (Fsp3) is 1.00. The van der Waals surface area contributed by atoms with Gasteiger partial charge in [0.2, 0.25) is 0 Å². The summed E-state index contributed by atoms with van der Waals surface area (Å²) >= 11 is 0. The van der Waals surface area contributed by atoms with Crippen molar-refractivity contribution in [2.45, 2.75) is 38.1 Å². The Morgan fingerprint density at radius 2 is 2.18 bits per heavy atom. The van der Waals surface area contributed by atoms with Gasteiger partial charge in [0.05, 0.1) is 0 Å². The van der Waals surface area contributed by atoms with Crippen LogP contribution in [0.1, 0.15) is 32.1 Å². The van der Waals surface area contributed by atoms with E-state index in [1.54, 1.807) is 0 Å². The summed E-state index contributed by atoms with van der Waals surface area (Å²) in [6.07, 6.45) is 6.27. The molecule has 0 aromatic rings. The van der Waals surface area contributed by atoms with Gasteiger partial charge in [-0.15, -0.1) is 0 Å². The number of nitrogens with zero attached hydrogens (tertiary/aromatic N) is 1. The van der Waals surface area contributed by atoms with Gasteiger partial charge >= 0.3 is 0 Å². The van der Waals surface area contributed by atoms with Gasteiger partial charge in [-0.05, 0) is 32.9 Å². The average Bonchev–Trinajstić information content (AvgIpc) is 2.18. The molecule has 1 heterocycles. The van der Waals surface area contributed by atoms with Crippen LogP contribution in [-0.4, -0.2) is 36.2 Å². The van der Waals surface area contributed by atoms with Crippen molar-refractivity contribution in [3.8, 4) is 0 Å². The van der Waals surface area contributed by atoms with Crippen molar-refractivity contribution in [3.05, 3.63) is 0 Å². The Kier molecular flexibility index (Phi) is 3.87. The maximum atomic E-state index is 8.80. The molecule has 1 saturated heterocycles. The van der Waals surface area contributed by atoms with Crippen LogP contribution < -0.4 is 0 Å². The lowest BCUT2D eigenvalue weighted by atomic mass is 10.1. The lowest BCUT2D eigenvalue weighted by Gasteiger charge is -2.24. The Morgan fingerprint density at radius 3 is 2.91 bits per heavy atom. The molecule has 0 aliphatic carbocycles. The standard InChI is InChI=1S/C9H19NO/c1-10-7-4-2-3-5-9(10)6-8-11/h9,11H,2-8H2,1H3. The largest absolute Gasteiger partial charge is 0.396 e. The Hall–Kier alpha value is -0.0800. The van der Waals surface area contributed by atoms with Crippen LogP contribution in [0, 0.1) is 0 Å². The molecule has 0 bridgehead atoms. The molecule has 0 spiro atoms. The summed E-state index contributed by atoms with van der Waals surface area (Å²) in [5, 5.41) is 8.80. The molecule has 1 aliphatic rings. The molecular formula is C9H19NO. The molecular weight excluding hydrogens is 138 g/mol. The molecule has 1 atom stereocenters. The highest BCUT2D eigenvalue weighted by Crippen LogP contribution is 2.16. The molecule has 1 N–H and O–H groups in total. The molecule has 1 rings (SSSR count). The summed E-state index contributed by atoms with van der Waals surface area (Å²) in [5.41, 5.74) is 0. The molecule has 1 unspecified atom stereocenters. The SMILES string of the molecule is CN1CCCCCC1CCO. The molecule has 2 heteroatoms. The topological polar surface area (TPSA) is 23.5 Å². The van der Waals surface area contributed by atoms with E-state index in [0.717, 1.165) is 6.42 Å². The van der Waals surface area contributed by atoms with Gasteiger partial charge in [0.25, 0.3) is 0 Å². The fourth-order valence-corrected chi connectivity index (χ4v) is 1.83. The van der Waals surface area contributed by atoms with E-state index in [4.69, 9.17) is 5.11 Å². The predicted octanol–water partition coefficient (Wildman–Crippen LogP) is 1.24. The minimum atomic E-state index is 0.342. The summed E-state index contributed by atoms with van der Waals surface area (Å²) in [5.74, 6) is 0. The van der Waals surface area contributed by atoms with E-state index in [0.29, 0.717) is 12.6 Å². The van der Waals surface area contributed by atoms with Gasteiger partial charge in [0.1, 0.15) is 0 Å². The van der Waals surface area contributed by atoms with Crippen molar-refractivity contribution >= 4 is 0 Å². The van der Waals surface area contributed by atoms with Crippen molar-refractivity contribution in [1.29, 1.82) is 0 Å². The summed E-state index contributed by atoms with van der Waals surface area (Å²) in [7, 11) is 2.17. The van der Waals surface area contributed by atoms with E-state index >= 15 is 0 Å². The lowest BCUT2D eigenvalue weighted by Crippen LogP contribution is -2.31. The van der Waals surface area contributed by atoms with Crippen LogP contribution in [0.2, 0.25) is 0 Å². The summed E-state index contributed by atoms with van der Waals surface area (Å²) < 4.78 is 0. The second-order valence-corrected chi connectivity index (χ2v) is 3.50. The Balaban J connectivity index is 2.32. The highest BCUT2D eigenvalue weighted by Gasteiger charge is 2.15. The van der Waals surface area contributed by atoms with Crippen LogP contribution >= 0.6 is 0 Å². The average molecular weight is 157 g/mol. The zero-order chi connectivity index (χ0) is 8.10. The number of aliphatic hydroxyl groups is 1. The Bertz CT molecular complexity index is 106. The number of hydrogen-bond acceptors (Lipinski definition) is 2. The molecule has 0 saturated carbocycles. The molecule has 0 radical (unpaired) electrons. The third-order valence-electron chi connectivity index (χ3n) is 2.63. The minimum Gasteiger partial charge on any atom is -0.396 e. The minimum absolute atomic E-state index is 0.342. The number of hydrogen-bond donors (Lipinski definition) is 1. The third-order valence-corrected chi connectivity index (χ3v) is 2.63. The second kappa shape index (κ2) is 4.73. The molecule has 1 fully saturated rings. The smallest absolute Gasteiger partial charge is 0.0445 e. The van der Waals surface area contributed by atoms with Crippen molar-refractivity contribution in [3.63, 3.8) is 0 Å². The predicted molar refractivity (Wildman–Crippen MR) is 46.6 cm³/mol. The fourth-order valence-electron chi connectivity index (χ4n) is 1.83. The van der Waals surface area contributed by atoms with Crippen LogP contribution in [0.15, 0.2) is 0 Å². The van der Waals surface area contributed by atoms with E-state index in [2.05, 4.69) is 11.9 Å². The van der Waals surface area contributed by atoms with Crippen LogP contribution in [-0.2, 0) is 0 Å². The number of likely N-dealkylation sites (tertiary alicyclic amines) is 1. The third kappa shape index (κ3) is 2.80. The molecule has 11 heavy (non-hydrogen) atoms. The number of rotatable bonds is 2. The van der Waals surface area contributed by atoms with E-state index in [-0.39, 0.29) is 0 Å². The van der Waals surface area contributed by atoms with Gasteiger partial charge in [-0.2, -0.15) is 0 Å². The second-order valence-electron chi connectivity index (χ2n) is 3.50. The maximum Gasteiger partial charge on any atom is 0.0445 e. The van der Waals surface area contributed by atoms with Gasteiger partial charge in [-0.3, -0.25) is 0 Å². The Morgan fingerprint density at radius 1 is 1.36 bits per heavy atom. The summed E-state index contributed by atoms with van der Waals surface area (Å²) in [6, 6.07) is 0.641. The molecule has 0 aromatic heterocycles. The first-order chi connectivity index (χ1) is 5.34. The first kappa shape index (κ1) is 9.01. The first-order valence-electron chi connectivity index (χ1n) is 4.65. The van der Waals surface area contributed by atoms with E-state index in [1.807, 2.05) is 0 Å². The van der Waals surface area contributed by atoms with Crippen LogP contribution in [0.3, 0.4) is 0 Å². The molecule has 0 amide bonds. The zero-order valence-corrected chi connectivity index (χ0v) is 7.42. The molecule has 2 nitrogen and oxygen atoms in total. The van der Waals surface area contributed by atoms with Crippen LogP contribution in [0.4, 0.5) is 0 Å². The summed E-state index contributed by atoms with van der Waals surface area (Å²) in [6.45, 7) is 1.56. The highest BCUT2D eigenvalue weighted by molar-refractivity contribution is 4.71. The Labute approximate surface area is 69.2 Å². The van der Waals surface area contributed by atoms with Crippen LogP contribution in [0.5, 0.6) is 0 Å². The monoisotopic (exact) mass is 157 g/mol. The lowest BCUT2D eigenvalue weighted by molar-refractivity contribution is 0.186.